The Kier molecular flexibility index (Phi) is 4.73. The summed E-state index contributed by atoms with van der Waals surface area (Å²) in [6, 6.07) is 20.3. The van der Waals surface area contributed by atoms with Crippen LogP contribution >= 0.6 is 11.8 Å². The quantitative estimate of drug-likeness (QED) is 0.674. The van der Waals surface area contributed by atoms with Crippen LogP contribution in [-0.4, -0.2) is 8.42 Å². The van der Waals surface area contributed by atoms with E-state index in [1.807, 2.05) is 42.5 Å². The highest BCUT2D eigenvalue weighted by Crippen LogP contribution is 2.31. The van der Waals surface area contributed by atoms with Gasteiger partial charge in [-0.1, -0.05) is 42.5 Å². The number of rotatable bonds is 6. The Hall–Kier alpha value is -2.18. The van der Waals surface area contributed by atoms with Gasteiger partial charge in [0.2, 0.25) is 5.09 Å². The SMILES string of the molecule is O=S(=O)(Nc1ccccc1SCc1ccccc1)c1ccco1. The number of nitrogens with one attached hydrogen (secondary N) is 1. The van der Waals surface area contributed by atoms with Crippen molar-refractivity contribution in [3.05, 3.63) is 78.6 Å². The largest absolute Gasteiger partial charge is 0.451 e. The molecule has 23 heavy (non-hydrogen) atoms. The van der Waals surface area contributed by atoms with E-state index < -0.39 is 10.0 Å². The molecule has 1 heterocycles. The topological polar surface area (TPSA) is 59.3 Å². The second kappa shape index (κ2) is 6.93. The highest BCUT2D eigenvalue weighted by molar-refractivity contribution is 7.98. The zero-order valence-corrected chi connectivity index (χ0v) is 13.8. The lowest BCUT2D eigenvalue weighted by atomic mass is 10.2. The summed E-state index contributed by atoms with van der Waals surface area (Å²) in [5, 5.41) is -0.0969. The second-order valence-electron chi connectivity index (χ2n) is 4.81. The van der Waals surface area contributed by atoms with Gasteiger partial charge in [-0.05, 0) is 29.8 Å². The number of sulfonamides is 1. The fraction of sp³-hybridized carbons (Fsp3) is 0.0588. The van der Waals surface area contributed by atoms with Crippen LogP contribution in [0, 0.1) is 0 Å². The highest BCUT2D eigenvalue weighted by Gasteiger charge is 2.18. The normalized spacial score (nSPS) is 11.3. The summed E-state index contributed by atoms with van der Waals surface area (Å²) in [7, 11) is -3.71. The first-order valence-corrected chi connectivity index (χ1v) is 9.44. The summed E-state index contributed by atoms with van der Waals surface area (Å²) in [6.45, 7) is 0. The minimum atomic E-state index is -3.71. The van der Waals surface area contributed by atoms with E-state index in [1.165, 1.54) is 17.9 Å². The average Bonchev–Trinajstić information content (AvgIpc) is 3.10. The van der Waals surface area contributed by atoms with E-state index in [9.17, 15) is 8.42 Å². The monoisotopic (exact) mass is 345 g/mol. The van der Waals surface area contributed by atoms with Crippen molar-refractivity contribution in [3.63, 3.8) is 0 Å². The van der Waals surface area contributed by atoms with Crippen LogP contribution in [0.4, 0.5) is 5.69 Å². The van der Waals surface area contributed by atoms with Crippen molar-refractivity contribution in [2.45, 2.75) is 15.7 Å². The molecule has 0 saturated heterocycles. The Morgan fingerprint density at radius 3 is 2.39 bits per heavy atom. The van der Waals surface area contributed by atoms with Gasteiger partial charge in [0.1, 0.15) is 0 Å². The van der Waals surface area contributed by atoms with E-state index in [1.54, 1.807) is 30.0 Å². The summed E-state index contributed by atoms with van der Waals surface area (Å²) in [4.78, 5) is 0.867. The second-order valence-corrected chi connectivity index (χ2v) is 7.44. The average molecular weight is 345 g/mol. The maximum Gasteiger partial charge on any atom is 0.295 e. The molecule has 0 amide bonds. The Bertz CT molecular complexity index is 860. The van der Waals surface area contributed by atoms with Crippen molar-refractivity contribution in [2.24, 2.45) is 0 Å². The number of benzene rings is 2. The molecule has 0 atom stereocenters. The van der Waals surface area contributed by atoms with Gasteiger partial charge in [-0.15, -0.1) is 11.8 Å². The van der Waals surface area contributed by atoms with E-state index in [-0.39, 0.29) is 5.09 Å². The van der Waals surface area contributed by atoms with Gasteiger partial charge in [0, 0.05) is 10.6 Å². The van der Waals surface area contributed by atoms with Gasteiger partial charge < -0.3 is 4.42 Å². The molecule has 0 bridgehead atoms. The van der Waals surface area contributed by atoms with Gasteiger partial charge in [0.05, 0.1) is 12.0 Å². The van der Waals surface area contributed by atoms with Crippen LogP contribution in [0.2, 0.25) is 0 Å². The van der Waals surface area contributed by atoms with E-state index in [4.69, 9.17) is 4.42 Å². The van der Waals surface area contributed by atoms with Gasteiger partial charge in [-0.3, -0.25) is 4.72 Å². The molecular formula is C17H15NO3S2. The molecule has 3 aromatic rings. The third kappa shape index (κ3) is 3.97. The lowest BCUT2D eigenvalue weighted by molar-refractivity contribution is 0.452. The van der Waals surface area contributed by atoms with Crippen molar-refractivity contribution < 1.29 is 12.8 Å². The summed E-state index contributed by atoms with van der Waals surface area (Å²) in [5.41, 5.74) is 1.73. The first kappa shape index (κ1) is 15.7. The minimum Gasteiger partial charge on any atom is -0.451 e. The molecule has 0 aliphatic heterocycles. The molecule has 0 saturated carbocycles. The van der Waals surface area contributed by atoms with E-state index >= 15 is 0 Å². The summed E-state index contributed by atoms with van der Waals surface area (Å²) in [5.74, 6) is 0.764. The number of anilines is 1. The number of para-hydroxylation sites is 1. The van der Waals surface area contributed by atoms with E-state index in [0.717, 1.165) is 10.6 Å². The predicted octanol–water partition coefficient (Wildman–Crippen LogP) is 4.37. The molecule has 0 fully saturated rings. The van der Waals surface area contributed by atoms with Gasteiger partial charge in [-0.2, -0.15) is 8.42 Å². The van der Waals surface area contributed by atoms with Crippen LogP contribution in [-0.2, 0) is 15.8 Å². The van der Waals surface area contributed by atoms with Crippen molar-refractivity contribution in [1.29, 1.82) is 0 Å². The molecule has 3 rings (SSSR count). The van der Waals surface area contributed by atoms with Crippen LogP contribution in [0.3, 0.4) is 0 Å². The summed E-state index contributed by atoms with van der Waals surface area (Å²) < 4.78 is 32.1. The Morgan fingerprint density at radius 1 is 0.913 bits per heavy atom. The zero-order valence-electron chi connectivity index (χ0n) is 12.2. The summed E-state index contributed by atoms with van der Waals surface area (Å²) >= 11 is 1.58. The van der Waals surface area contributed by atoms with E-state index in [0.29, 0.717) is 5.69 Å². The molecule has 6 heteroatoms. The molecular weight excluding hydrogens is 330 g/mol. The van der Waals surface area contributed by atoms with Crippen molar-refractivity contribution in [2.75, 3.05) is 4.72 Å². The van der Waals surface area contributed by atoms with Gasteiger partial charge in [0.15, 0.2) is 0 Å². The molecule has 0 radical (unpaired) electrons. The number of hydrogen-bond donors (Lipinski definition) is 1. The van der Waals surface area contributed by atoms with Gasteiger partial charge in [0.25, 0.3) is 10.0 Å². The van der Waals surface area contributed by atoms with Crippen LogP contribution < -0.4 is 4.72 Å². The molecule has 0 aliphatic carbocycles. The Balaban J connectivity index is 1.78. The lowest BCUT2D eigenvalue weighted by Crippen LogP contribution is -2.12. The van der Waals surface area contributed by atoms with Crippen molar-refractivity contribution in [3.8, 4) is 0 Å². The molecule has 0 spiro atoms. The van der Waals surface area contributed by atoms with Crippen LogP contribution in [0.1, 0.15) is 5.56 Å². The smallest absolute Gasteiger partial charge is 0.295 e. The molecule has 4 nitrogen and oxygen atoms in total. The fourth-order valence-electron chi connectivity index (χ4n) is 2.02. The maximum absolute atomic E-state index is 12.3. The molecule has 1 N–H and O–H groups in total. The Labute approximate surface area is 139 Å². The Morgan fingerprint density at radius 2 is 1.65 bits per heavy atom. The molecule has 2 aromatic carbocycles. The molecule has 0 unspecified atom stereocenters. The number of furan rings is 1. The van der Waals surface area contributed by atoms with Crippen LogP contribution in [0.5, 0.6) is 0 Å². The minimum absolute atomic E-state index is 0.0969. The highest BCUT2D eigenvalue weighted by atomic mass is 32.2. The summed E-state index contributed by atoms with van der Waals surface area (Å²) in [6.07, 6.45) is 1.34. The fourth-order valence-corrected chi connectivity index (χ4v) is 4.06. The molecule has 0 aliphatic rings. The van der Waals surface area contributed by atoms with E-state index in [2.05, 4.69) is 4.72 Å². The number of hydrogen-bond acceptors (Lipinski definition) is 4. The molecule has 118 valence electrons. The lowest BCUT2D eigenvalue weighted by Gasteiger charge is -2.11. The third-order valence-electron chi connectivity index (χ3n) is 3.13. The molecule has 1 aromatic heterocycles. The first-order valence-electron chi connectivity index (χ1n) is 6.97. The van der Waals surface area contributed by atoms with Crippen molar-refractivity contribution in [1.82, 2.24) is 0 Å². The van der Waals surface area contributed by atoms with Crippen LogP contribution in [0.15, 0.2) is 87.4 Å². The number of thioether (sulfide) groups is 1. The van der Waals surface area contributed by atoms with Crippen LogP contribution in [0.25, 0.3) is 0 Å². The zero-order chi connectivity index (χ0) is 16.1. The third-order valence-corrected chi connectivity index (χ3v) is 5.52. The van der Waals surface area contributed by atoms with Crippen molar-refractivity contribution >= 4 is 27.5 Å². The predicted molar refractivity (Wildman–Crippen MR) is 92.0 cm³/mol. The van der Waals surface area contributed by atoms with Gasteiger partial charge >= 0.3 is 0 Å². The standard InChI is InChI=1S/C17H15NO3S2/c19-23(20,17-11-6-12-21-17)18-15-9-4-5-10-16(15)22-13-14-7-2-1-3-8-14/h1-12,18H,13H2. The first-order chi connectivity index (χ1) is 11.1. The maximum atomic E-state index is 12.3. The van der Waals surface area contributed by atoms with Gasteiger partial charge in [-0.25, -0.2) is 0 Å².